The van der Waals surface area contributed by atoms with Crippen molar-refractivity contribution in [2.75, 3.05) is 20.8 Å². The molecule has 0 aliphatic carbocycles. The Hall–Kier alpha value is -3.35. The lowest BCUT2D eigenvalue weighted by Gasteiger charge is -2.10. The maximum atomic E-state index is 11.9. The van der Waals surface area contributed by atoms with Crippen LogP contribution in [0.2, 0.25) is 0 Å². The summed E-state index contributed by atoms with van der Waals surface area (Å²) in [5.41, 5.74) is 1.51. The summed E-state index contributed by atoms with van der Waals surface area (Å²) in [5.74, 6) is -1.02. The van der Waals surface area contributed by atoms with Gasteiger partial charge in [-0.25, -0.2) is 9.59 Å². The van der Waals surface area contributed by atoms with Crippen LogP contribution in [0.3, 0.4) is 0 Å². The number of benzene rings is 2. The van der Waals surface area contributed by atoms with E-state index in [0.29, 0.717) is 5.56 Å². The van der Waals surface area contributed by atoms with E-state index in [1.807, 2.05) is 0 Å². The fourth-order valence-electron chi connectivity index (χ4n) is 2.14. The summed E-state index contributed by atoms with van der Waals surface area (Å²) in [4.78, 5) is 35.0. The number of hydrogen-bond acceptors (Lipinski definition) is 6. The first kappa shape index (κ1) is 19.0. The van der Waals surface area contributed by atoms with Crippen LogP contribution in [-0.4, -0.2) is 38.7 Å². The zero-order valence-electron chi connectivity index (χ0n) is 14.5. The number of carbonyl (C=O) groups excluding carboxylic acids is 3. The van der Waals surface area contributed by atoms with Crippen LogP contribution in [0.15, 0.2) is 48.5 Å². The Morgan fingerprint density at radius 3 is 2.19 bits per heavy atom. The van der Waals surface area contributed by atoms with E-state index in [9.17, 15) is 14.4 Å². The standard InChI is InChI=1S/C19H19NO6/c1-24-18(22)14-9-7-13(8-10-14)11-20-17(21)12-26-16-6-4-3-5-15(16)19(23)25-2/h3-10H,11-12H2,1-2H3,(H,20,21). The van der Waals surface area contributed by atoms with Crippen LogP contribution in [0.1, 0.15) is 26.3 Å². The lowest BCUT2D eigenvalue weighted by atomic mass is 10.1. The van der Waals surface area contributed by atoms with E-state index in [-0.39, 0.29) is 30.4 Å². The maximum absolute atomic E-state index is 11.9. The Bertz CT molecular complexity index is 785. The first-order valence-electron chi connectivity index (χ1n) is 7.79. The van der Waals surface area contributed by atoms with Crippen molar-refractivity contribution in [3.8, 4) is 5.75 Å². The Labute approximate surface area is 150 Å². The second-order valence-corrected chi connectivity index (χ2v) is 5.24. The van der Waals surface area contributed by atoms with Crippen molar-refractivity contribution in [2.45, 2.75) is 6.54 Å². The van der Waals surface area contributed by atoms with Crippen molar-refractivity contribution in [1.29, 1.82) is 0 Å². The van der Waals surface area contributed by atoms with E-state index < -0.39 is 11.9 Å². The first-order chi connectivity index (χ1) is 12.5. The summed E-state index contributed by atoms with van der Waals surface area (Å²) in [6.45, 7) is 0.0382. The van der Waals surface area contributed by atoms with Crippen molar-refractivity contribution in [1.82, 2.24) is 5.32 Å². The van der Waals surface area contributed by atoms with Crippen LogP contribution in [0, 0.1) is 0 Å². The van der Waals surface area contributed by atoms with Gasteiger partial charge in [0, 0.05) is 6.54 Å². The van der Waals surface area contributed by atoms with Gasteiger partial charge < -0.3 is 19.5 Å². The molecule has 0 unspecified atom stereocenters. The quantitative estimate of drug-likeness (QED) is 0.762. The highest BCUT2D eigenvalue weighted by atomic mass is 16.5. The Kier molecular flexibility index (Phi) is 6.73. The Balaban J connectivity index is 1.86. The van der Waals surface area contributed by atoms with Crippen LogP contribution in [-0.2, 0) is 20.8 Å². The van der Waals surface area contributed by atoms with Gasteiger partial charge in [-0.2, -0.15) is 0 Å². The molecule has 0 spiro atoms. The van der Waals surface area contributed by atoms with Gasteiger partial charge in [-0.05, 0) is 29.8 Å². The molecule has 2 aromatic rings. The molecule has 2 aromatic carbocycles. The van der Waals surface area contributed by atoms with Crippen molar-refractivity contribution >= 4 is 17.8 Å². The molecular formula is C19H19NO6. The highest BCUT2D eigenvalue weighted by Gasteiger charge is 2.13. The van der Waals surface area contributed by atoms with Gasteiger partial charge in [-0.1, -0.05) is 24.3 Å². The number of ether oxygens (including phenoxy) is 3. The summed E-state index contributed by atoms with van der Waals surface area (Å²) in [6, 6.07) is 13.2. The molecule has 26 heavy (non-hydrogen) atoms. The van der Waals surface area contributed by atoms with Gasteiger partial charge >= 0.3 is 11.9 Å². The van der Waals surface area contributed by atoms with Gasteiger partial charge in [0.15, 0.2) is 6.61 Å². The fraction of sp³-hybridized carbons (Fsp3) is 0.211. The van der Waals surface area contributed by atoms with Gasteiger partial charge in [-0.3, -0.25) is 4.79 Å². The number of carbonyl (C=O) groups is 3. The highest BCUT2D eigenvalue weighted by Crippen LogP contribution is 2.18. The van der Waals surface area contributed by atoms with Gasteiger partial charge in [0.05, 0.1) is 19.8 Å². The molecule has 0 saturated heterocycles. The smallest absolute Gasteiger partial charge is 0.341 e. The molecule has 0 bridgehead atoms. The average Bonchev–Trinajstić information content (AvgIpc) is 2.70. The Morgan fingerprint density at radius 1 is 0.885 bits per heavy atom. The van der Waals surface area contributed by atoms with Crippen LogP contribution in [0.25, 0.3) is 0 Å². The number of para-hydroxylation sites is 1. The molecule has 0 radical (unpaired) electrons. The summed E-state index contributed by atoms with van der Waals surface area (Å²) in [5, 5.41) is 2.70. The first-order valence-corrected chi connectivity index (χ1v) is 7.79. The van der Waals surface area contributed by atoms with Crippen LogP contribution in [0.4, 0.5) is 0 Å². The molecule has 1 amide bonds. The van der Waals surface area contributed by atoms with E-state index in [0.717, 1.165) is 5.56 Å². The molecule has 0 aliphatic heterocycles. The number of hydrogen-bond donors (Lipinski definition) is 1. The van der Waals surface area contributed by atoms with Gasteiger partial charge in [0.2, 0.25) is 0 Å². The lowest BCUT2D eigenvalue weighted by Crippen LogP contribution is -2.28. The zero-order valence-corrected chi connectivity index (χ0v) is 14.5. The number of nitrogens with one attached hydrogen (secondary N) is 1. The fourth-order valence-corrected chi connectivity index (χ4v) is 2.14. The third-order valence-electron chi connectivity index (χ3n) is 3.52. The third kappa shape index (κ3) is 5.07. The number of rotatable bonds is 7. The van der Waals surface area contributed by atoms with E-state index in [4.69, 9.17) is 4.74 Å². The maximum Gasteiger partial charge on any atom is 0.341 e. The monoisotopic (exact) mass is 357 g/mol. The predicted octanol–water partition coefficient (Wildman–Crippen LogP) is 1.95. The average molecular weight is 357 g/mol. The minimum absolute atomic E-state index is 0.242. The largest absolute Gasteiger partial charge is 0.483 e. The molecule has 7 nitrogen and oxygen atoms in total. The minimum Gasteiger partial charge on any atom is -0.483 e. The van der Waals surface area contributed by atoms with Crippen molar-refractivity contribution in [2.24, 2.45) is 0 Å². The normalized spacial score (nSPS) is 9.92. The van der Waals surface area contributed by atoms with E-state index in [1.54, 1.807) is 48.5 Å². The molecule has 7 heteroatoms. The number of methoxy groups -OCH3 is 2. The summed E-state index contributed by atoms with van der Waals surface area (Å²) in [6.07, 6.45) is 0. The zero-order chi connectivity index (χ0) is 18.9. The highest BCUT2D eigenvalue weighted by molar-refractivity contribution is 5.92. The van der Waals surface area contributed by atoms with Crippen molar-refractivity contribution in [3.05, 3.63) is 65.2 Å². The SMILES string of the molecule is COC(=O)c1ccc(CNC(=O)COc2ccccc2C(=O)OC)cc1. The molecule has 0 fully saturated rings. The molecular weight excluding hydrogens is 338 g/mol. The van der Waals surface area contributed by atoms with Gasteiger partial charge in [0.1, 0.15) is 11.3 Å². The molecule has 136 valence electrons. The van der Waals surface area contributed by atoms with E-state index in [2.05, 4.69) is 14.8 Å². The molecule has 1 N–H and O–H groups in total. The summed E-state index contributed by atoms with van der Waals surface area (Å²) >= 11 is 0. The number of amides is 1. The molecule has 0 heterocycles. The Morgan fingerprint density at radius 2 is 1.54 bits per heavy atom. The van der Waals surface area contributed by atoms with E-state index >= 15 is 0 Å². The minimum atomic E-state index is -0.535. The van der Waals surface area contributed by atoms with Crippen LogP contribution >= 0.6 is 0 Å². The summed E-state index contributed by atoms with van der Waals surface area (Å²) < 4.78 is 14.7. The van der Waals surface area contributed by atoms with Crippen molar-refractivity contribution in [3.63, 3.8) is 0 Å². The lowest BCUT2D eigenvalue weighted by molar-refractivity contribution is -0.123. The van der Waals surface area contributed by atoms with Gasteiger partial charge in [-0.15, -0.1) is 0 Å². The van der Waals surface area contributed by atoms with Crippen LogP contribution < -0.4 is 10.1 Å². The second-order valence-electron chi connectivity index (χ2n) is 5.24. The van der Waals surface area contributed by atoms with Gasteiger partial charge in [0.25, 0.3) is 5.91 Å². The summed E-state index contributed by atoms with van der Waals surface area (Å²) in [7, 11) is 2.59. The second kappa shape index (κ2) is 9.22. The molecule has 0 aromatic heterocycles. The van der Waals surface area contributed by atoms with Crippen LogP contribution in [0.5, 0.6) is 5.75 Å². The number of esters is 2. The third-order valence-corrected chi connectivity index (χ3v) is 3.52. The van der Waals surface area contributed by atoms with Crippen molar-refractivity contribution < 1.29 is 28.6 Å². The molecule has 0 atom stereocenters. The molecule has 0 aliphatic rings. The van der Waals surface area contributed by atoms with E-state index in [1.165, 1.54) is 14.2 Å². The molecule has 0 saturated carbocycles. The molecule has 2 rings (SSSR count). The predicted molar refractivity (Wildman–Crippen MR) is 92.9 cm³/mol. The topological polar surface area (TPSA) is 90.9 Å².